The van der Waals surface area contributed by atoms with E-state index in [4.69, 9.17) is 5.26 Å². The molecule has 2 atom stereocenters. The number of nitrogens with zero attached hydrogens (tertiary/aromatic N) is 1. The standard InChI is InChI=1S/C16H19N3O/c17-10-12-3-1-2-4-15(12)19-16(20)9-11-7-13-5-6-14(8-11)18-13/h1-4,11,13-14,18H,5-9H2,(H,19,20). The van der Waals surface area contributed by atoms with Crippen LogP contribution in [0.2, 0.25) is 0 Å². The van der Waals surface area contributed by atoms with Gasteiger partial charge >= 0.3 is 0 Å². The normalized spacial score (nSPS) is 27.9. The Balaban J connectivity index is 1.59. The first-order valence-corrected chi connectivity index (χ1v) is 7.29. The number of benzene rings is 1. The molecule has 1 aromatic rings. The van der Waals surface area contributed by atoms with Crippen molar-refractivity contribution in [2.24, 2.45) is 5.92 Å². The fourth-order valence-electron chi connectivity index (χ4n) is 3.49. The second-order valence-electron chi connectivity index (χ2n) is 5.88. The molecule has 0 aliphatic carbocycles. The third kappa shape index (κ3) is 2.83. The zero-order valence-electron chi connectivity index (χ0n) is 11.4. The summed E-state index contributed by atoms with van der Waals surface area (Å²) in [5.74, 6) is 0.502. The summed E-state index contributed by atoms with van der Waals surface area (Å²) in [5.41, 5.74) is 1.14. The second-order valence-corrected chi connectivity index (χ2v) is 5.88. The van der Waals surface area contributed by atoms with Crippen LogP contribution in [0.1, 0.15) is 37.7 Å². The molecule has 2 fully saturated rings. The Bertz CT molecular complexity index is 537. The quantitative estimate of drug-likeness (QED) is 0.885. The molecular formula is C16H19N3O. The van der Waals surface area contributed by atoms with Crippen LogP contribution < -0.4 is 10.6 Å². The summed E-state index contributed by atoms with van der Waals surface area (Å²) < 4.78 is 0. The Morgan fingerprint density at radius 3 is 2.70 bits per heavy atom. The van der Waals surface area contributed by atoms with Crippen molar-refractivity contribution in [3.63, 3.8) is 0 Å². The van der Waals surface area contributed by atoms with Crippen molar-refractivity contribution in [1.29, 1.82) is 5.26 Å². The van der Waals surface area contributed by atoms with Gasteiger partial charge in [0, 0.05) is 18.5 Å². The van der Waals surface area contributed by atoms with Crippen LogP contribution in [-0.4, -0.2) is 18.0 Å². The lowest BCUT2D eigenvalue weighted by Gasteiger charge is -2.28. The average Bonchev–Trinajstić information content (AvgIpc) is 2.78. The van der Waals surface area contributed by atoms with Gasteiger partial charge in [-0.3, -0.25) is 4.79 Å². The molecule has 3 rings (SSSR count). The van der Waals surface area contributed by atoms with E-state index in [1.807, 2.05) is 6.07 Å². The number of piperidine rings is 1. The van der Waals surface area contributed by atoms with E-state index in [0.717, 1.165) is 12.8 Å². The molecule has 0 aromatic heterocycles. The van der Waals surface area contributed by atoms with Crippen molar-refractivity contribution in [3.05, 3.63) is 29.8 Å². The summed E-state index contributed by atoms with van der Waals surface area (Å²) in [6.07, 6.45) is 5.27. The van der Waals surface area contributed by atoms with Gasteiger partial charge in [0.05, 0.1) is 11.3 Å². The maximum atomic E-state index is 12.1. The van der Waals surface area contributed by atoms with E-state index < -0.39 is 0 Å². The van der Waals surface area contributed by atoms with Crippen LogP contribution in [0.25, 0.3) is 0 Å². The Hall–Kier alpha value is -1.86. The van der Waals surface area contributed by atoms with Crippen LogP contribution in [0.15, 0.2) is 24.3 Å². The predicted octanol–water partition coefficient (Wildman–Crippen LogP) is 2.42. The first kappa shape index (κ1) is 13.1. The number of nitriles is 1. The van der Waals surface area contributed by atoms with Gasteiger partial charge in [0.1, 0.15) is 6.07 Å². The molecule has 4 heteroatoms. The number of para-hydroxylation sites is 1. The van der Waals surface area contributed by atoms with E-state index in [2.05, 4.69) is 16.7 Å². The Morgan fingerprint density at radius 2 is 2.00 bits per heavy atom. The number of anilines is 1. The molecule has 2 N–H and O–H groups in total. The minimum Gasteiger partial charge on any atom is -0.325 e. The van der Waals surface area contributed by atoms with Gasteiger partial charge in [0.25, 0.3) is 0 Å². The molecule has 20 heavy (non-hydrogen) atoms. The Kier molecular flexibility index (Phi) is 3.70. The van der Waals surface area contributed by atoms with Crippen molar-refractivity contribution >= 4 is 11.6 Å². The fourth-order valence-corrected chi connectivity index (χ4v) is 3.49. The molecule has 0 saturated carbocycles. The highest BCUT2D eigenvalue weighted by atomic mass is 16.1. The molecule has 2 saturated heterocycles. The molecule has 0 radical (unpaired) electrons. The van der Waals surface area contributed by atoms with E-state index in [0.29, 0.717) is 35.7 Å². The number of carbonyl (C=O) groups excluding carboxylic acids is 1. The van der Waals surface area contributed by atoms with Crippen LogP contribution in [0.3, 0.4) is 0 Å². The zero-order chi connectivity index (χ0) is 13.9. The van der Waals surface area contributed by atoms with Crippen molar-refractivity contribution in [3.8, 4) is 6.07 Å². The molecule has 2 heterocycles. The van der Waals surface area contributed by atoms with Crippen LogP contribution in [0, 0.1) is 17.2 Å². The first-order valence-electron chi connectivity index (χ1n) is 7.29. The zero-order valence-corrected chi connectivity index (χ0v) is 11.4. The lowest BCUT2D eigenvalue weighted by Crippen LogP contribution is -2.39. The summed E-state index contributed by atoms with van der Waals surface area (Å²) >= 11 is 0. The van der Waals surface area contributed by atoms with Crippen molar-refractivity contribution in [1.82, 2.24) is 5.32 Å². The topological polar surface area (TPSA) is 64.9 Å². The molecule has 4 nitrogen and oxygen atoms in total. The number of rotatable bonds is 3. The minimum absolute atomic E-state index is 0.0269. The van der Waals surface area contributed by atoms with E-state index in [1.165, 1.54) is 12.8 Å². The third-order valence-electron chi connectivity index (χ3n) is 4.37. The average molecular weight is 269 g/mol. The molecule has 1 aromatic carbocycles. The van der Waals surface area contributed by atoms with Crippen molar-refractivity contribution in [2.75, 3.05) is 5.32 Å². The summed E-state index contributed by atoms with van der Waals surface area (Å²) in [7, 11) is 0. The summed E-state index contributed by atoms with van der Waals surface area (Å²) in [5, 5.41) is 15.5. The fraction of sp³-hybridized carbons (Fsp3) is 0.500. The van der Waals surface area contributed by atoms with Crippen molar-refractivity contribution < 1.29 is 4.79 Å². The van der Waals surface area contributed by atoms with Gasteiger partial charge in [-0.1, -0.05) is 12.1 Å². The highest BCUT2D eigenvalue weighted by Gasteiger charge is 2.34. The molecule has 104 valence electrons. The smallest absolute Gasteiger partial charge is 0.224 e. The highest BCUT2D eigenvalue weighted by Crippen LogP contribution is 2.32. The van der Waals surface area contributed by atoms with Gasteiger partial charge in [-0.15, -0.1) is 0 Å². The van der Waals surface area contributed by atoms with E-state index in [1.54, 1.807) is 18.2 Å². The number of hydrogen-bond acceptors (Lipinski definition) is 3. The SMILES string of the molecule is N#Cc1ccccc1NC(=O)CC1CC2CCC(C1)N2. The lowest BCUT2D eigenvalue weighted by atomic mass is 9.89. The Morgan fingerprint density at radius 1 is 1.30 bits per heavy atom. The number of fused-ring (bicyclic) bond motifs is 2. The van der Waals surface area contributed by atoms with Crippen LogP contribution in [-0.2, 0) is 4.79 Å². The summed E-state index contributed by atoms with van der Waals surface area (Å²) in [6, 6.07) is 10.5. The van der Waals surface area contributed by atoms with Gasteiger partial charge < -0.3 is 10.6 Å². The van der Waals surface area contributed by atoms with Crippen molar-refractivity contribution in [2.45, 2.75) is 44.2 Å². The molecule has 1 amide bonds. The minimum atomic E-state index is 0.0269. The number of carbonyl (C=O) groups is 1. The molecule has 2 aliphatic rings. The second kappa shape index (κ2) is 5.64. The third-order valence-corrected chi connectivity index (χ3v) is 4.37. The Labute approximate surface area is 119 Å². The van der Waals surface area contributed by atoms with Crippen LogP contribution in [0.4, 0.5) is 5.69 Å². The maximum absolute atomic E-state index is 12.1. The first-order chi connectivity index (χ1) is 9.74. The molecule has 0 spiro atoms. The predicted molar refractivity (Wildman–Crippen MR) is 77.1 cm³/mol. The van der Waals surface area contributed by atoms with E-state index in [-0.39, 0.29) is 5.91 Å². The maximum Gasteiger partial charge on any atom is 0.224 e. The largest absolute Gasteiger partial charge is 0.325 e. The molecule has 2 unspecified atom stereocenters. The lowest BCUT2D eigenvalue weighted by molar-refractivity contribution is -0.117. The number of nitrogens with one attached hydrogen (secondary N) is 2. The van der Waals surface area contributed by atoms with Gasteiger partial charge in [-0.05, 0) is 43.7 Å². The van der Waals surface area contributed by atoms with Crippen LogP contribution >= 0.6 is 0 Å². The summed E-state index contributed by atoms with van der Waals surface area (Å²) in [6.45, 7) is 0. The molecular weight excluding hydrogens is 250 g/mol. The van der Waals surface area contributed by atoms with Crippen LogP contribution in [0.5, 0.6) is 0 Å². The van der Waals surface area contributed by atoms with Gasteiger partial charge in [0.2, 0.25) is 5.91 Å². The van der Waals surface area contributed by atoms with Gasteiger partial charge in [-0.2, -0.15) is 5.26 Å². The summed E-state index contributed by atoms with van der Waals surface area (Å²) in [4.78, 5) is 12.1. The van der Waals surface area contributed by atoms with Gasteiger partial charge in [0.15, 0.2) is 0 Å². The monoisotopic (exact) mass is 269 g/mol. The van der Waals surface area contributed by atoms with Gasteiger partial charge in [-0.25, -0.2) is 0 Å². The van der Waals surface area contributed by atoms with E-state index in [9.17, 15) is 4.79 Å². The molecule has 2 bridgehead atoms. The molecule has 2 aliphatic heterocycles. The van der Waals surface area contributed by atoms with E-state index >= 15 is 0 Å². The highest BCUT2D eigenvalue weighted by molar-refractivity contribution is 5.92. The number of amides is 1. The number of hydrogen-bond donors (Lipinski definition) is 2.